The monoisotopic (exact) mass is 379 g/mol. The Kier molecular flexibility index (Phi) is 5.30. The summed E-state index contributed by atoms with van der Waals surface area (Å²) in [6, 6.07) is 13.4. The predicted molar refractivity (Wildman–Crippen MR) is 108 cm³/mol. The number of ether oxygens (including phenoxy) is 2. The fourth-order valence-electron chi connectivity index (χ4n) is 3.93. The molecule has 1 aliphatic rings. The van der Waals surface area contributed by atoms with Crippen LogP contribution in [0, 0.1) is 5.92 Å². The number of aromatic amines is 1. The van der Waals surface area contributed by atoms with Crippen molar-refractivity contribution in [3.8, 4) is 11.5 Å². The van der Waals surface area contributed by atoms with Crippen molar-refractivity contribution in [2.45, 2.75) is 19.4 Å². The molecule has 0 spiro atoms. The minimum absolute atomic E-state index is 0.0174. The number of methoxy groups -OCH3 is 2. The molecular weight excluding hydrogens is 354 g/mol. The maximum Gasteiger partial charge on any atom is 0.167 e. The van der Waals surface area contributed by atoms with Crippen LogP contribution in [0.1, 0.15) is 29.0 Å². The number of carbonyl (C=O) groups excluding carboxylic acids is 1. The molecule has 0 unspecified atom stereocenters. The summed E-state index contributed by atoms with van der Waals surface area (Å²) in [5.74, 6) is 2.31. The van der Waals surface area contributed by atoms with Gasteiger partial charge in [0.15, 0.2) is 17.3 Å². The number of fused-ring (bicyclic) bond motifs is 1. The second kappa shape index (κ2) is 8.02. The maximum absolute atomic E-state index is 13.1. The molecule has 0 radical (unpaired) electrons. The van der Waals surface area contributed by atoms with Gasteiger partial charge in [-0.1, -0.05) is 12.1 Å². The van der Waals surface area contributed by atoms with Crippen LogP contribution < -0.4 is 9.47 Å². The van der Waals surface area contributed by atoms with Crippen molar-refractivity contribution in [3.63, 3.8) is 0 Å². The quantitative estimate of drug-likeness (QED) is 0.662. The molecule has 0 bridgehead atoms. The van der Waals surface area contributed by atoms with Gasteiger partial charge in [-0.05, 0) is 49.7 Å². The first-order valence-electron chi connectivity index (χ1n) is 9.60. The predicted octanol–water partition coefficient (Wildman–Crippen LogP) is 3.68. The highest BCUT2D eigenvalue weighted by Crippen LogP contribution is 2.30. The van der Waals surface area contributed by atoms with Gasteiger partial charge in [0.2, 0.25) is 0 Å². The Morgan fingerprint density at radius 2 is 2.00 bits per heavy atom. The normalized spacial score (nSPS) is 17.6. The Balaban J connectivity index is 1.46. The van der Waals surface area contributed by atoms with E-state index in [9.17, 15) is 4.79 Å². The molecule has 0 saturated carbocycles. The average Bonchev–Trinajstić information content (AvgIpc) is 3.15. The largest absolute Gasteiger partial charge is 0.493 e. The molecule has 3 aromatic rings. The summed E-state index contributed by atoms with van der Waals surface area (Å²) < 4.78 is 10.6. The molecular formula is C22H25N3O3. The SMILES string of the molecule is COc1ccc(C(=O)[C@H]2CCCN(Cc3nc4ccccc4[nH]3)C2)cc1OC. The van der Waals surface area contributed by atoms with Crippen molar-refractivity contribution in [2.24, 2.45) is 5.92 Å². The zero-order valence-electron chi connectivity index (χ0n) is 16.3. The number of benzene rings is 2. The number of rotatable bonds is 6. The Morgan fingerprint density at radius 3 is 2.79 bits per heavy atom. The fraction of sp³-hybridized carbons (Fsp3) is 0.364. The molecule has 0 aliphatic carbocycles. The first kappa shape index (κ1) is 18.5. The highest BCUT2D eigenvalue weighted by atomic mass is 16.5. The summed E-state index contributed by atoms with van der Waals surface area (Å²) in [4.78, 5) is 23.4. The number of nitrogens with one attached hydrogen (secondary N) is 1. The van der Waals surface area contributed by atoms with Crippen molar-refractivity contribution in [1.82, 2.24) is 14.9 Å². The summed E-state index contributed by atoms with van der Waals surface area (Å²) >= 11 is 0. The Morgan fingerprint density at radius 1 is 1.18 bits per heavy atom. The van der Waals surface area contributed by atoms with Gasteiger partial charge < -0.3 is 14.5 Å². The third kappa shape index (κ3) is 3.73. The highest BCUT2D eigenvalue weighted by molar-refractivity contribution is 5.98. The van der Waals surface area contributed by atoms with Crippen molar-refractivity contribution in [1.29, 1.82) is 0 Å². The van der Waals surface area contributed by atoms with Crippen molar-refractivity contribution in [3.05, 3.63) is 53.9 Å². The second-order valence-electron chi connectivity index (χ2n) is 7.21. The number of Topliss-reactive ketones (excluding diaryl/α,β-unsaturated/α-hetero) is 1. The van der Waals surface area contributed by atoms with E-state index in [1.54, 1.807) is 26.4 Å². The number of H-pyrrole nitrogens is 1. The lowest BCUT2D eigenvalue weighted by Gasteiger charge is -2.31. The van der Waals surface area contributed by atoms with Crippen LogP contribution in [0.25, 0.3) is 11.0 Å². The smallest absolute Gasteiger partial charge is 0.167 e. The molecule has 146 valence electrons. The van der Waals surface area contributed by atoms with Crippen LogP contribution in [0.2, 0.25) is 0 Å². The van der Waals surface area contributed by atoms with Gasteiger partial charge in [0.05, 0.1) is 31.8 Å². The van der Waals surface area contributed by atoms with Crippen LogP contribution in [0.4, 0.5) is 0 Å². The summed E-state index contributed by atoms with van der Waals surface area (Å²) in [7, 11) is 3.18. The van der Waals surface area contributed by atoms with Gasteiger partial charge in [0.25, 0.3) is 0 Å². The maximum atomic E-state index is 13.1. The molecule has 6 heteroatoms. The molecule has 1 fully saturated rings. The highest BCUT2D eigenvalue weighted by Gasteiger charge is 2.27. The zero-order chi connectivity index (χ0) is 19.5. The number of aromatic nitrogens is 2. The van der Waals surface area contributed by atoms with E-state index in [1.807, 2.05) is 30.3 Å². The molecule has 2 aromatic carbocycles. The van der Waals surface area contributed by atoms with E-state index < -0.39 is 0 Å². The minimum atomic E-state index is -0.0174. The average molecular weight is 379 g/mol. The lowest BCUT2D eigenvalue weighted by molar-refractivity contribution is 0.0808. The van der Waals surface area contributed by atoms with E-state index in [-0.39, 0.29) is 11.7 Å². The Labute approximate surface area is 164 Å². The molecule has 0 amide bonds. The first-order valence-corrected chi connectivity index (χ1v) is 9.60. The zero-order valence-corrected chi connectivity index (χ0v) is 16.3. The van der Waals surface area contributed by atoms with Gasteiger partial charge in [0.1, 0.15) is 5.82 Å². The third-order valence-corrected chi connectivity index (χ3v) is 5.36. The van der Waals surface area contributed by atoms with Gasteiger partial charge in [0, 0.05) is 18.0 Å². The molecule has 1 aromatic heterocycles. The molecule has 4 rings (SSSR count). The molecule has 28 heavy (non-hydrogen) atoms. The van der Waals surface area contributed by atoms with Gasteiger partial charge in [-0.3, -0.25) is 9.69 Å². The molecule has 6 nitrogen and oxygen atoms in total. The van der Waals surface area contributed by atoms with E-state index in [2.05, 4.69) is 14.9 Å². The topological polar surface area (TPSA) is 67.5 Å². The van der Waals surface area contributed by atoms with Gasteiger partial charge in [-0.25, -0.2) is 4.98 Å². The molecule has 1 saturated heterocycles. The van der Waals surface area contributed by atoms with Crippen LogP contribution >= 0.6 is 0 Å². The summed E-state index contributed by atoms with van der Waals surface area (Å²) in [6.45, 7) is 2.45. The van der Waals surface area contributed by atoms with E-state index in [0.29, 0.717) is 17.1 Å². The number of para-hydroxylation sites is 2. The summed E-state index contributed by atoms with van der Waals surface area (Å²) in [5.41, 5.74) is 2.70. The number of hydrogen-bond acceptors (Lipinski definition) is 5. The number of imidazole rings is 1. The third-order valence-electron chi connectivity index (χ3n) is 5.36. The number of hydrogen-bond donors (Lipinski definition) is 1. The van der Waals surface area contributed by atoms with Crippen LogP contribution in [-0.4, -0.2) is 48.0 Å². The second-order valence-corrected chi connectivity index (χ2v) is 7.21. The van der Waals surface area contributed by atoms with Gasteiger partial charge in [-0.2, -0.15) is 0 Å². The van der Waals surface area contributed by atoms with Crippen LogP contribution in [0.15, 0.2) is 42.5 Å². The summed E-state index contributed by atoms with van der Waals surface area (Å²) in [5, 5.41) is 0. The van der Waals surface area contributed by atoms with Crippen LogP contribution in [-0.2, 0) is 6.54 Å². The Hall–Kier alpha value is -2.86. The van der Waals surface area contributed by atoms with Crippen molar-refractivity contribution in [2.75, 3.05) is 27.3 Å². The van der Waals surface area contributed by atoms with E-state index in [0.717, 1.165) is 49.3 Å². The van der Waals surface area contributed by atoms with E-state index >= 15 is 0 Å². The lowest BCUT2D eigenvalue weighted by Crippen LogP contribution is -2.38. The number of likely N-dealkylation sites (tertiary alicyclic amines) is 1. The van der Waals surface area contributed by atoms with Gasteiger partial charge in [-0.15, -0.1) is 0 Å². The number of ketones is 1. The van der Waals surface area contributed by atoms with Crippen LogP contribution in [0.3, 0.4) is 0 Å². The standard InChI is InChI=1S/C22H25N3O3/c1-27-19-10-9-15(12-20(19)28-2)22(26)16-6-5-11-25(13-16)14-21-23-17-7-3-4-8-18(17)24-21/h3-4,7-10,12,16H,5-6,11,13-14H2,1-2H3,(H,23,24)/t16-/m0/s1. The number of piperidine rings is 1. The van der Waals surface area contributed by atoms with Crippen molar-refractivity contribution < 1.29 is 14.3 Å². The number of nitrogens with zero attached hydrogens (tertiary/aromatic N) is 2. The summed E-state index contributed by atoms with van der Waals surface area (Å²) in [6.07, 6.45) is 1.91. The lowest BCUT2D eigenvalue weighted by atomic mass is 9.90. The van der Waals surface area contributed by atoms with Gasteiger partial charge >= 0.3 is 0 Å². The van der Waals surface area contributed by atoms with Crippen molar-refractivity contribution >= 4 is 16.8 Å². The molecule has 1 N–H and O–H groups in total. The Bertz CT molecular complexity index is 949. The van der Waals surface area contributed by atoms with Crippen LogP contribution in [0.5, 0.6) is 11.5 Å². The molecule has 1 aliphatic heterocycles. The molecule has 2 heterocycles. The number of carbonyl (C=O) groups is 1. The fourth-order valence-corrected chi connectivity index (χ4v) is 3.93. The first-order chi connectivity index (χ1) is 13.7. The molecule has 1 atom stereocenters. The minimum Gasteiger partial charge on any atom is -0.493 e. The van der Waals surface area contributed by atoms with E-state index in [1.165, 1.54) is 0 Å². The van der Waals surface area contributed by atoms with E-state index in [4.69, 9.17) is 9.47 Å².